The minimum absolute atomic E-state index is 0.103. The third kappa shape index (κ3) is 3.70. The quantitative estimate of drug-likeness (QED) is 0.295. The van der Waals surface area contributed by atoms with Crippen molar-refractivity contribution in [2.75, 3.05) is 18.2 Å². The molecule has 1 fully saturated rings. The molecule has 0 radical (unpaired) electrons. The first-order chi connectivity index (χ1) is 17.5. The van der Waals surface area contributed by atoms with Crippen molar-refractivity contribution < 1.29 is 9.53 Å². The van der Waals surface area contributed by atoms with Gasteiger partial charge in [-0.3, -0.25) is 9.20 Å². The lowest BCUT2D eigenvalue weighted by Crippen LogP contribution is -2.14. The summed E-state index contributed by atoms with van der Waals surface area (Å²) in [5, 5.41) is 6.08. The number of methoxy groups -OCH3 is 1. The van der Waals surface area contributed by atoms with Crippen molar-refractivity contribution in [3.63, 3.8) is 0 Å². The molecule has 2 aromatic carbocycles. The molecule has 36 heavy (non-hydrogen) atoms. The number of para-hydroxylation sites is 2. The third-order valence-electron chi connectivity index (χ3n) is 6.82. The Bertz CT molecular complexity index is 1600. The van der Waals surface area contributed by atoms with Crippen molar-refractivity contribution in [1.82, 2.24) is 14.4 Å². The van der Waals surface area contributed by atoms with E-state index in [0.29, 0.717) is 16.9 Å². The molecule has 0 unspecified atom stereocenters. The zero-order valence-corrected chi connectivity index (χ0v) is 20.8. The number of anilines is 2. The monoisotopic (exact) mass is 495 g/mol. The highest BCUT2D eigenvalue weighted by atomic mass is 32.1. The highest BCUT2D eigenvalue weighted by molar-refractivity contribution is 7.10. The molecule has 3 heterocycles. The number of aryl methyl sites for hydroxylation is 1. The van der Waals surface area contributed by atoms with E-state index >= 15 is 0 Å². The lowest BCUT2D eigenvalue weighted by Gasteiger charge is -2.14. The van der Waals surface area contributed by atoms with E-state index in [0.717, 1.165) is 46.3 Å². The van der Waals surface area contributed by atoms with Crippen molar-refractivity contribution in [1.29, 1.82) is 0 Å². The highest BCUT2D eigenvalue weighted by Crippen LogP contribution is 2.54. The molecule has 0 saturated heterocycles. The number of ether oxygens (including phenoxy) is 1. The van der Waals surface area contributed by atoms with Crippen LogP contribution in [0.1, 0.15) is 39.5 Å². The van der Waals surface area contributed by atoms with Gasteiger partial charge >= 0.3 is 0 Å². The molecule has 0 bridgehead atoms. The first kappa shape index (κ1) is 22.3. The zero-order valence-electron chi connectivity index (χ0n) is 20.0. The maximum absolute atomic E-state index is 12.7. The van der Waals surface area contributed by atoms with Crippen LogP contribution in [0, 0.1) is 6.92 Å². The van der Waals surface area contributed by atoms with Crippen LogP contribution >= 0.6 is 11.3 Å². The molecule has 6 rings (SSSR count). The van der Waals surface area contributed by atoms with Crippen molar-refractivity contribution in [2.45, 2.75) is 25.2 Å². The molecule has 5 aromatic rings. The van der Waals surface area contributed by atoms with Crippen LogP contribution in [0.3, 0.4) is 0 Å². The molecule has 180 valence electrons. The number of nitrogens with zero attached hydrogens (tertiary/aromatic N) is 3. The average Bonchev–Trinajstić information content (AvgIpc) is 3.44. The fourth-order valence-corrected chi connectivity index (χ4v) is 5.76. The number of fused-ring (bicyclic) bond motifs is 1. The molecule has 1 amide bonds. The number of nitrogens with two attached hydrogens (primary N) is 1. The van der Waals surface area contributed by atoms with Crippen molar-refractivity contribution in [3.8, 4) is 17.1 Å². The van der Waals surface area contributed by atoms with Gasteiger partial charge in [0.2, 0.25) is 0 Å². The minimum atomic E-state index is -0.181. The number of pyridine rings is 1. The Hall–Kier alpha value is -4.17. The average molecular weight is 496 g/mol. The summed E-state index contributed by atoms with van der Waals surface area (Å²) in [6, 6.07) is 18.9. The molecule has 1 saturated carbocycles. The molecular formula is C28H25N5O2S. The standard InChI is InChI=1S/C28H25N5O2S/c1-17-25(33-15-20(35-2)11-12-24(33)30-17)23-16-36-27(32-23)28(13-14-28)19-9-7-18(8-10-19)26(34)31-22-6-4-3-5-21(22)29/h3-12,15-16H,13-14,29H2,1-2H3,(H,31,34). The maximum atomic E-state index is 12.7. The number of imidazole rings is 1. The fourth-order valence-electron chi connectivity index (χ4n) is 4.67. The van der Waals surface area contributed by atoms with Crippen LogP contribution in [0.5, 0.6) is 5.75 Å². The molecule has 0 spiro atoms. The number of hydrogen-bond acceptors (Lipinski definition) is 6. The number of nitrogens with one attached hydrogen (secondary N) is 1. The van der Waals surface area contributed by atoms with E-state index in [2.05, 4.69) is 10.7 Å². The highest BCUT2D eigenvalue weighted by Gasteiger charge is 2.48. The number of thiazole rings is 1. The van der Waals surface area contributed by atoms with Gasteiger partial charge in [-0.05, 0) is 61.7 Å². The smallest absolute Gasteiger partial charge is 0.255 e. The number of carbonyl (C=O) groups excluding carboxylic acids is 1. The summed E-state index contributed by atoms with van der Waals surface area (Å²) < 4.78 is 7.46. The Morgan fingerprint density at radius 3 is 2.58 bits per heavy atom. The van der Waals surface area contributed by atoms with Gasteiger partial charge < -0.3 is 15.8 Å². The summed E-state index contributed by atoms with van der Waals surface area (Å²) in [7, 11) is 1.66. The van der Waals surface area contributed by atoms with Crippen LogP contribution in [0.4, 0.5) is 11.4 Å². The number of benzene rings is 2. The van der Waals surface area contributed by atoms with E-state index in [1.165, 1.54) is 5.56 Å². The van der Waals surface area contributed by atoms with Gasteiger partial charge in [0.25, 0.3) is 5.91 Å². The number of carbonyl (C=O) groups is 1. The van der Waals surface area contributed by atoms with Crippen LogP contribution in [-0.2, 0) is 5.41 Å². The van der Waals surface area contributed by atoms with E-state index < -0.39 is 0 Å². The van der Waals surface area contributed by atoms with Gasteiger partial charge in [0, 0.05) is 16.4 Å². The van der Waals surface area contributed by atoms with Gasteiger partial charge in [0.05, 0.1) is 36.1 Å². The number of hydrogen-bond donors (Lipinski definition) is 2. The molecule has 8 heteroatoms. The summed E-state index contributed by atoms with van der Waals surface area (Å²) in [5.74, 6) is 0.591. The van der Waals surface area contributed by atoms with E-state index in [1.54, 1.807) is 30.6 Å². The summed E-state index contributed by atoms with van der Waals surface area (Å²) in [6.07, 6.45) is 4.02. The van der Waals surface area contributed by atoms with Gasteiger partial charge in [-0.15, -0.1) is 11.3 Å². The second-order valence-corrected chi connectivity index (χ2v) is 9.94. The molecule has 7 nitrogen and oxygen atoms in total. The molecule has 3 aromatic heterocycles. The van der Waals surface area contributed by atoms with Crippen LogP contribution in [-0.4, -0.2) is 27.4 Å². The van der Waals surface area contributed by atoms with Gasteiger partial charge in [0.15, 0.2) is 0 Å². The van der Waals surface area contributed by atoms with Gasteiger partial charge in [-0.1, -0.05) is 24.3 Å². The van der Waals surface area contributed by atoms with Crippen molar-refractivity contribution in [3.05, 3.63) is 94.1 Å². The first-order valence-corrected chi connectivity index (χ1v) is 12.6. The number of aromatic nitrogens is 3. The summed E-state index contributed by atoms with van der Waals surface area (Å²) in [4.78, 5) is 22.5. The minimum Gasteiger partial charge on any atom is -0.495 e. The van der Waals surface area contributed by atoms with Crippen LogP contribution in [0.25, 0.3) is 17.0 Å². The fraction of sp³-hybridized carbons (Fsp3) is 0.179. The van der Waals surface area contributed by atoms with Crippen LogP contribution < -0.4 is 15.8 Å². The van der Waals surface area contributed by atoms with Gasteiger partial charge in [-0.25, -0.2) is 9.97 Å². The van der Waals surface area contributed by atoms with E-state index in [4.69, 9.17) is 20.4 Å². The van der Waals surface area contributed by atoms with Gasteiger partial charge in [-0.2, -0.15) is 0 Å². The molecular weight excluding hydrogens is 470 g/mol. The molecule has 3 N–H and O–H groups in total. The second kappa shape index (κ2) is 8.49. The van der Waals surface area contributed by atoms with Crippen LogP contribution in [0.2, 0.25) is 0 Å². The Kier molecular flexibility index (Phi) is 5.26. The van der Waals surface area contributed by atoms with Crippen molar-refractivity contribution in [2.24, 2.45) is 0 Å². The SMILES string of the molecule is COc1ccc2nc(C)c(-c3csc(C4(c5ccc(C(=O)Nc6ccccc6N)cc5)CC4)n3)n2c1. The van der Waals surface area contributed by atoms with E-state index in [1.807, 2.05) is 66.1 Å². The largest absolute Gasteiger partial charge is 0.495 e. The molecule has 1 aliphatic carbocycles. The predicted octanol–water partition coefficient (Wildman–Crippen LogP) is 5.69. The maximum Gasteiger partial charge on any atom is 0.255 e. The Morgan fingerprint density at radius 2 is 1.86 bits per heavy atom. The summed E-state index contributed by atoms with van der Waals surface area (Å²) >= 11 is 1.68. The van der Waals surface area contributed by atoms with E-state index in [9.17, 15) is 4.79 Å². The topological polar surface area (TPSA) is 94.5 Å². The van der Waals surface area contributed by atoms with E-state index in [-0.39, 0.29) is 11.3 Å². The lowest BCUT2D eigenvalue weighted by atomic mass is 9.95. The Labute approximate surface area is 212 Å². The van der Waals surface area contributed by atoms with Crippen LogP contribution in [0.15, 0.2) is 72.2 Å². The lowest BCUT2D eigenvalue weighted by molar-refractivity contribution is 0.102. The number of rotatable bonds is 6. The number of amides is 1. The predicted molar refractivity (Wildman–Crippen MR) is 143 cm³/mol. The second-order valence-electron chi connectivity index (χ2n) is 9.08. The molecule has 1 aliphatic rings. The Morgan fingerprint density at radius 1 is 1.08 bits per heavy atom. The summed E-state index contributed by atoms with van der Waals surface area (Å²) in [6.45, 7) is 2.01. The third-order valence-corrected chi connectivity index (χ3v) is 7.86. The van der Waals surface area contributed by atoms with Crippen molar-refractivity contribution >= 4 is 34.3 Å². The number of nitrogen functional groups attached to an aromatic ring is 1. The zero-order chi connectivity index (χ0) is 24.9. The first-order valence-electron chi connectivity index (χ1n) is 11.7. The molecule has 0 aliphatic heterocycles. The normalized spacial score (nSPS) is 14.1. The summed E-state index contributed by atoms with van der Waals surface area (Å²) in [5.41, 5.74) is 12.5. The Balaban J connectivity index is 1.27. The van der Waals surface area contributed by atoms with Gasteiger partial charge in [0.1, 0.15) is 22.1 Å². The molecule has 0 atom stereocenters.